The van der Waals surface area contributed by atoms with Gasteiger partial charge in [0.05, 0.1) is 28.7 Å². The van der Waals surface area contributed by atoms with Crippen LogP contribution in [-0.2, 0) is 11.3 Å². The molecule has 28 heavy (non-hydrogen) atoms. The van der Waals surface area contributed by atoms with E-state index in [0.29, 0.717) is 11.9 Å². The second kappa shape index (κ2) is 6.60. The van der Waals surface area contributed by atoms with Crippen LogP contribution in [0.15, 0.2) is 59.5 Å². The molecule has 0 spiro atoms. The molecule has 0 bridgehead atoms. The van der Waals surface area contributed by atoms with E-state index in [4.69, 9.17) is 0 Å². The van der Waals surface area contributed by atoms with E-state index < -0.39 is 0 Å². The van der Waals surface area contributed by atoms with Crippen LogP contribution < -0.4 is 5.56 Å². The lowest BCUT2D eigenvalue weighted by Crippen LogP contribution is -2.37. The molecule has 2 aromatic carbocycles. The summed E-state index contributed by atoms with van der Waals surface area (Å²) in [5.74, 6) is 0.679. The Kier molecular flexibility index (Phi) is 3.93. The smallest absolute Gasteiger partial charge is 0.275 e. The van der Waals surface area contributed by atoms with Gasteiger partial charge in [0.15, 0.2) is 0 Å². The Bertz CT molecular complexity index is 1210. The van der Waals surface area contributed by atoms with Crippen molar-refractivity contribution in [2.24, 2.45) is 0 Å². The lowest BCUT2D eigenvalue weighted by atomic mass is 10.2. The molecule has 1 saturated heterocycles. The Morgan fingerprint density at radius 3 is 2.86 bits per heavy atom. The van der Waals surface area contributed by atoms with Gasteiger partial charge in [-0.1, -0.05) is 30.3 Å². The maximum atomic E-state index is 13.0. The van der Waals surface area contributed by atoms with Gasteiger partial charge >= 0.3 is 0 Å². The first-order chi connectivity index (χ1) is 13.7. The lowest BCUT2D eigenvalue weighted by Gasteiger charge is -2.23. The molecule has 0 saturated carbocycles. The topological polar surface area (TPSA) is 83.9 Å². The van der Waals surface area contributed by atoms with Crippen molar-refractivity contribution in [2.75, 3.05) is 6.54 Å². The van der Waals surface area contributed by atoms with E-state index in [2.05, 4.69) is 15.1 Å². The third kappa shape index (κ3) is 2.76. The number of hydrogen-bond donors (Lipinski definition) is 1. The van der Waals surface area contributed by atoms with Crippen LogP contribution in [0.4, 0.5) is 0 Å². The van der Waals surface area contributed by atoms with Gasteiger partial charge in [-0.05, 0) is 31.0 Å². The summed E-state index contributed by atoms with van der Waals surface area (Å²) < 4.78 is 1.25. The summed E-state index contributed by atoms with van der Waals surface area (Å²) in [7, 11) is 0. The molecule has 5 rings (SSSR count). The van der Waals surface area contributed by atoms with E-state index in [0.717, 1.165) is 35.1 Å². The molecule has 1 atom stereocenters. The zero-order valence-corrected chi connectivity index (χ0v) is 15.2. The first kappa shape index (κ1) is 16.7. The van der Waals surface area contributed by atoms with Crippen molar-refractivity contribution in [2.45, 2.75) is 25.4 Å². The van der Waals surface area contributed by atoms with E-state index in [1.165, 1.54) is 4.68 Å². The van der Waals surface area contributed by atoms with Crippen LogP contribution in [0.5, 0.6) is 0 Å². The largest absolute Gasteiger partial charge is 0.340 e. The molecule has 7 heteroatoms. The maximum absolute atomic E-state index is 13.0. The van der Waals surface area contributed by atoms with Crippen LogP contribution in [-0.4, -0.2) is 37.1 Å². The number of hydrogen-bond acceptors (Lipinski definition) is 4. The summed E-state index contributed by atoms with van der Waals surface area (Å²) in [6, 6.07) is 15.0. The van der Waals surface area contributed by atoms with Crippen LogP contribution >= 0.6 is 0 Å². The molecule has 1 fully saturated rings. The lowest BCUT2D eigenvalue weighted by molar-refractivity contribution is -0.133. The summed E-state index contributed by atoms with van der Waals surface area (Å²) in [5.41, 5.74) is 1.61. The van der Waals surface area contributed by atoms with Gasteiger partial charge < -0.3 is 9.88 Å². The Balaban J connectivity index is 1.43. The number of benzene rings is 2. The van der Waals surface area contributed by atoms with Gasteiger partial charge in [-0.3, -0.25) is 9.59 Å². The Morgan fingerprint density at radius 1 is 1.14 bits per heavy atom. The van der Waals surface area contributed by atoms with Crippen molar-refractivity contribution in [3.63, 3.8) is 0 Å². The summed E-state index contributed by atoms with van der Waals surface area (Å²) >= 11 is 0. The van der Waals surface area contributed by atoms with Crippen LogP contribution in [0.1, 0.15) is 24.7 Å². The van der Waals surface area contributed by atoms with Crippen molar-refractivity contribution in [3.05, 3.63) is 70.9 Å². The summed E-state index contributed by atoms with van der Waals surface area (Å²) in [6.45, 7) is 0.587. The van der Waals surface area contributed by atoms with Gasteiger partial charge in [-0.25, -0.2) is 9.67 Å². The highest BCUT2D eigenvalue weighted by molar-refractivity contribution is 5.81. The highest BCUT2D eigenvalue weighted by atomic mass is 16.2. The minimum absolute atomic E-state index is 0.0691. The number of aromatic amines is 1. The quantitative estimate of drug-likeness (QED) is 0.598. The van der Waals surface area contributed by atoms with Gasteiger partial charge in [0, 0.05) is 11.9 Å². The minimum atomic E-state index is -0.245. The third-order valence-electron chi connectivity index (χ3n) is 5.34. The number of aromatic nitrogens is 4. The van der Waals surface area contributed by atoms with Gasteiger partial charge in [0.1, 0.15) is 12.4 Å². The molecule has 1 unspecified atom stereocenters. The van der Waals surface area contributed by atoms with Crippen molar-refractivity contribution in [3.8, 4) is 0 Å². The maximum Gasteiger partial charge on any atom is 0.275 e. The highest BCUT2D eigenvalue weighted by Crippen LogP contribution is 2.31. The first-order valence-corrected chi connectivity index (χ1v) is 9.40. The number of fused-ring (bicyclic) bond motifs is 2. The molecular weight excluding hydrogens is 354 g/mol. The van der Waals surface area contributed by atoms with Gasteiger partial charge in [-0.2, -0.15) is 5.10 Å². The predicted molar refractivity (Wildman–Crippen MR) is 106 cm³/mol. The molecule has 140 valence electrons. The molecule has 0 aliphatic carbocycles. The Morgan fingerprint density at radius 2 is 1.96 bits per heavy atom. The number of carbonyl (C=O) groups excluding carboxylic acids is 1. The van der Waals surface area contributed by atoms with Crippen LogP contribution in [0, 0.1) is 0 Å². The molecule has 7 nitrogen and oxygen atoms in total. The van der Waals surface area contributed by atoms with Crippen molar-refractivity contribution in [1.29, 1.82) is 0 Å². The second-order valence-corrected chi connectivity index (χ2v) is 7.08. The fraction of sp³-hybridized carbons (Fsp3) is 0.238. The number of imidazole rings is 1. The first-order valence-electron chi connectivity index (χ1n) is 9.40. The molecule has 0 radical (unpaired) electrons. The Labute approximate surface area is 160 Å². The number of nitrogens with one attached hydrogen (secondary N) is 1. The molecule has 4 aromatic rings. The fourth-order valence-corrected chi connectivity index (χ4v) is 3.94. The number of likely N-dealkylation sites (tertiary alicyclic amines) is 1. The van der Waals surface area contributed by atoms with Crippen molar-refractivity contribution >= 4 is 27.7 Å². The standard InChI is InChI=1S/C21H19N5O2/c27-19(13-26-21(28)15-7-2-1-6-14(15)12-22-26)25-11-5-10-18(25)20-23-16-8-3-4-9-17(16)24-20/h1-4,6-9,12,18H,5,10-11,13H2,(H,23,24). The molecule has 3 heterocycles. The molecule has 1 aliphatic heterocycles. The van der Waals surface area contributed by atoms with E-state index >= 15 is 0 Å². The van der Waals surface area contributed by atoms with E-state index in [-0.39, 0.29) is 24.1 Å². The van der Waals surface area contributed by atoms with Crippen LogP contribution in [0.3, 0.4) is 0 Å². The number of H-pyrrole nitrogens is 1. The summed E-state index contributed by atoms with van der Waals surface area (Å²) in [5, 5.41) is 5.53. The van der Waals surface area contributed by atoms with Gasteiger partial charge in [0.25, 0.3) is 5.56 Å². The van der Waals surface area contributed by atoms with Gasteiger partial charge in [0.2, 0.25) is 5.91 Å². The fourth-order valence-electron chi connectivity index (χ4n) is 3.94. The monoisotopic (exact) mass is 373 g/mol. The SMILES string of the molecule is O=C(Cn1ncc2ccccc2c1=O)N1CCCC1c1nc2ccccc2[nH]1. The van der Waals surface area contributed by atoms with Crippen LogP contribution in [0.2, 0.25) is 0 Å². The zero-order chi connectivity index (χ0) is 19.1. The Hall–Kier alpha value is -3.48. The molecule has 1 aliphatic rings. The number of para-hydroxylation sites is 2. The van der Waals surface area contributed by atoms with Crippen molar-refractivity contribution in [1.82, 2.24) is 24.6 Å². The van der Waals surface area contributed by atoms with Crippen molar-refractivity contribution < 1.29 is 4.79 Å². The number of nitrogens with zero attached hydrogens (tertiary/aromatic N) is 4. The minimum Gasteiger partial charge on any atom is -0.340 e. The summed E-state index contributed by atoms with van der Waals surface area (Å²) in [4.78, 5) is 35.4. The average molecular weight is 373 g/mol. The highest BCUT2D eigenvalue weighted by Gasteiger charge is 2.32. The molecule has 1 N–H and O–H groups in total. The predicted octanol–water partition coefficient (Wildman–Crippen LogP) is 2.64. The van der Waals surface area contributed by atoms with E-state index in [1.807, 2.05) is 42.5 Å². The van der Waals surface area contributed by atoms with E-state index in [1.54, 1.807) is 17.2 Å². The second-order valence-electron chi connectivity index (χ2n) is 7.08. The average Bonchev–Trinajstić information content (AvgIpc) is 3.37. The van der Waals surface area contributed by atoms with Crippen LogP contribution in [0.25, 0.3) is 21.8 Å². The zero-order valence-electron chi connectivity index (χ0n) is 15.2. The number of amides is 1. The third-order valence-corrected chi connectivity index (χ3v) is 5.34. The number of rotatable bonds is 3. The normalized spacial score (nSPS) is 16.9. The van der Waals surface area contributed by atoms with Gasteiger partial charge in [-0.15, -0.1) is 0 Å². The molecule has 1 amide bonds. The van der Waals surface area contributed by atoms with E-state index in [9.17, 15) is 9.59 Å². The summed E-state index contributed by atoms with van der Waals surface area (Å²) in [6.07, 6.45) is 3.39. The molecule has 2 aromatic heterocycles. The number of carbonyl (C=O) groups is 1. The molecular formula is C21H19N5O2.